The van der Waals surface area contributed by atoms with Crippen LogP contribution in [-0.4, -0.2) is 21.2 Å². The molecule has 1 aromatic carbocycles. The fourth-order valence-corrected chi connectivity index (χ4v) is 2.84. The number of anilines is 1. The zero-order chi connectivity index (χ0) is 18.2. The Morgan fingerprint density at radius 1 is 1.44 bits per heavy atom. The fourth-order valence-electron chi connectivity index (χ4n) is 2.84. The van der Waals surface area contributed by atoms with E-state index in [1.807, 2.05) is 13.8 Å². The minimum Gasteiger partial charge on any atom is -0.487 e. The van der Waals surface area contributed by atoms with Gasteiger partial charge in [-0.3, -0.25) is 10.1 Å². The van der Waals surface area contributed by atoms with Crippen molar-refractivity contribution in [2.75, 3.05) is 5.32 Å². The summed E-state index contributed by atoms with van der Waals surface area (Å²) in [5.41, 5.74) is -0.294. The van der Waals surface area contributed by atoms with Crippen molar-refractivity contribution in [3.05, 3.63) is 52.3 Å². The smallest absolute Gasteiger partial charge is 0.321 e. The molecule has 0 saturated carbocycles. The number of benzene rings is 1. The van der Waals surface area contributed by atoms with Gasteiger partial charge >= 0.3 is 6.03 Å². The number of hydrogen-bond acceptors (Lipinski definition) is 4. The van der Waals surface area contributed by atoms with E-state index in [1.54, 1.807) is 13.1 Å². The van der Waals surface area contributed by atoms with Gasteiger partial charge in [-0.15, -0.1) is 0 Å². The van der Waals surface area contributed by atoms with Gasteiger partial charge in [0.1, 0.15) is 17.2 Å². The molecule has 7 nitrogen and oxygen atoms in total. The SMILES string of the molecule is Cn1ccnc(NC(=O)N[C@H]2CC(C)(C)Oc3cc(F)ccc32)c1=O. The van der Waals surface area contributed by atoms with E-state index in [0.29, 0.717) is 17.7 Å². The van der Waals surface area contributed by atoms with Crippen molar-refractivity contribution in [3.8, 4) is 5.75 Å². The Morgan fingerprint density at radius 3 is 2.96 bits per heavy atom. The summed E-state index contributed by atoms with van der Waals surface area (Å²) in [6, 6.07) is 3.27. The number of rotatable bonds is 2. The first-order chi connectivity index (χ1) is 11.7. The molecule has 2 heterocycles. The number of urea groups is 1. The molecule has 0 unspecified atom stereocenters. The monoisotopic (exact) mass is 346 g/mol. The molecule has 1 aliphatic heterocycles. The molecule has 8 heteroatoms. The third-order valence-electron chi connectivity index (χ3n) is 3.99. The lowest BCUT2D eigenvalue weighted by atomic mass is 9.90. The lowest BCUT2D eigenvalue weighted by Crippen LogP contribution is -2.43. The van der Waals surface area contributed by atoms with Crippen molar-refractivity contribution < 1.29 is 13.9 Å². The predicted molar refractivity (Wildman–Crippen MR) is 90.1 cm³/mol. The summed E-state index contributed by atoms with van der Waals surface area (Å²) < 4.78 is 20.6. The number of hydrogen-bond donors (Lipinski definition) is 2. The van der Waals surface area contributed by atoms with E-state index < -0.39 is 23.0 Å². The average molecular weight is 346 g/mol. The fraction of sp³-hybridized carbons (Fsp3) is 0.353. The Balaban J connectivity index is 1.81. The summed E-state index contributed by atoms with van der Waals surface area (Å²) >= 11 is 0. The summed E-state index contributed by atoms with van der Waals surface area (Å²) in [6.45, 7) is 3.73. The Hall–Kier alpha value is -2.90. The van der Waals surface area contributed by atoms with Crippen molar-refractivity contribution in [3.63, 3.8) is 0 Å². The molecule has 3 rings (SSSR count). The number of aryl methyl sites for hydroxylation is 1. The van der Waals surface area contributed by atoms with Crippen LogP contribution in [0.15, 0.2) is 35.4 Å². The molecule has 0 fully saturated rings. The molecule has 2 aromatic rings. The number of fused-ring (bicyclic) bond motifs is 1. The second-order valence-corrected chi connectivity index (χ2v) is 6.59. The zero-order valence-corrected chi connectivity index (χ0v) is 14.2. The van der Waals surface area contributed by atoms with Gasteiger partial charge < -0.3 is 14.6 Å². The molecule has 0 spiro atoms. The first-order valence-corrected chi connectivity index (χ1v) is 7.83. The van der Waals surface area contributed by atoms with Crippen LogP contribution in [0.25, 0.3) is 0 Å². The molecule has 0 radical (unpaired) electrons. The summed E-state index contributed by atoms with van der Waals surface area (Å²) in [7, 11) is 1.57. The second kappa shape index (κ2) is 6.19. The Labute approximate surface area is 143 Å². The average Bonchev–Trinajstić information content (AvgIpc) is 2.50. The predicted octanol–water partition coefficient (Wildman–Crippen LogP) is 2.34. The van der Waals surface area contributed by atoms with Crippen molar-refractivity contribution in [1.82, 2.24) is 14.9 Å². The molecule has 132 valence electrons. The van der Waals surface area contributed by atoms with Gasteiger partial charge in [-0.1, -0.05) is 6.07 Å². The minimum absolute atomic E-state index is 0.0619. The van der Waals surface area contributed by atoms with Gasteiger partial charge in [0.25, 0.3) is 5.56 Å². The number of nitrogens with one attached hydrogen (secondary N) is 2. The number of halogens is 1. The molecule has 0 bridgehead atoms. The molecule has 1 aliphatic rings. The standard InChI is InChI=1S/C17H19FN4O3/c1-17(2)9-12(11-5-4-10(18)8-13(11)25-17)20-16(24)21-14-15(23)22(3)7-6-19-14/h4-8,12H,9H2,1-3H3,(H2,19,20,21,24)/t12-/m0/s1. The highest BCUT2D eigenvalue weighted by Gasteiger charge is 2.34. The highest BCUT2D eigenvalue weighted by atomic mass is 19.1. The van der Waals surface area contributed by atoms with Crippen molar-refractivity contribution in [2.24, 2.45) is 7.05 Å². The van der Waals surface area contributed by atoms with Crippen LogP contribution in [0, 0.1) is 5.82 Å². The number of nitrogens with zero attached hydrogens (tertiary/aromatic N) is 2. The number of carbonyl (C=O) groups is 1. The van der Waals surface area contributed by atoms with Crippen LogP contribution in [0.2, 0.25) is 0 Å². The minimum atomic E-state index is -0.570. The van der Waals surface area contributed by atoms with E-state index in [1.165, 1.54) is 29.1 Å². The maximum atomic E-state index is 13.5. The highest BCUT2D eigenvalue weighted by molar-refractivity contribution is 5.88. The maximum Gasteiger partial charge on any atom is 0.321 e. The Kier molecular flexibility index (Phi) is 4.20. The maximum absolute atomic E-state index is 13.5. The summed E-state index contributed by atoms with van der Waals surface area (Å²) in [5, 5.41) is 5.26. The number of carbonyl (C=O) groups excluding carboxylic acids is 1. The van der Waals surface area contributed by atoms with Crippen LogP contribution >= 0.6 is 0 Å². The van der Waals surface area contributed by atoms with Gasteiger partial charge in [0.2, 0.25) is 5.82 Å². The topological polar surface area (TPSA) is 85.2 Å². The van der Waals surface area contributed by atoms with E-state index in [2.05, 4.69) is 15.6 Å². The molecular weight excluding hydrogens is 327 g/mol. The summed E-state index contributed by atoms with van der Waals surface area (Å²) in [6.07, 6.45) is 3.42. The van der Waals surface area contributed by atoms with Gasteiger partial charge in [-0.2, -0.15) is 0 Å². The molecule has 0 aliphatic carbocycles. The van der Waals surface area contributed by atoms with Crippen molar-refractivity contribution in [2.45, 2.75) is 31.9 Å². The Bertz CT molecular complexity index is 878. The zero-order valence-electron chi connectivity index (χ0n) is 14.2. The van der Waals surface area contributed by atoms with Crippen LogP contribution in [0.5, 0.6) is 5.75 Å². The largest absolute Gasteiger partial charge is 0.487 e. The van der Waals surface area contributed by atoms with E-state index in [4.69, 9.17) is 4.74 Å². The van der Waals surface area contributed by atoms with E-state index in [-0.39, 0.29) is 11.9 Å². The number of amides is 2. The second-order valence-electron chi connectivity index (χ2n) is 6.59. The summed E-state index contributed by atoms with van der Waals surface area (Å²) in [5.74, 6) is -0.0694. The van der Waals surface area contributed by atoms with Gasteiger partial charge in [-0.05, 0) is 19.9 Å². The van der Waals surface area contributed by atoms with Gasteiger partial charge in [0.15, 0.2) is 0 Å². The van der Waals surface area contributed by atoms with E-state index in [0.717, 1.165) is 0 Å². The normalized spacial score (nSPS) is 18.0. The quantitative estimate of drug-likeness (QED) is 0.874. The first-order valence-electron chi connectivity index (χ1n) is 7.83. The molecule has 1 atom stereocenters. The summed E-state index contributed by atoms with van der Waals surface area (Å²) in [4.78, 5) is 28.1. The van der Waals surface area contributed by atoms with Gasteiger partial charge in [0.05, 0.1) is 6.04 Å². The van der Waals surface area contributed by atoms with E-state index in [9.17, 15) is 14.0 Å². The molecule has 2 amide bonds. The lowest BCUT2D eigenvalue weighted by molar-refractivity contribution is 0.0678. The first kappa shape index (κ1) is 16.9. The van der Waals surface area contributed by atoms with Gasteiger partial charge in [0, 0.05) is 37.5 Å². The lowest BCUT2D eigenvalue weighted by Gasteiger charge is -2.37. The van der Waals surface area contributed by atoms with Crippen LogP contribution in [-0.2, 0) is 7.05 Å². The molecular formula is C17H19FN4O3. The molecule has 2 N–H and O–H groups in total. The van der Waals surface area contributed by atoms with Crippen molar-refractivity contribution in [1.29, 1.82) is 0 Å². The number of aromatic nitrogens is 2. The molecule has 1 aromatic heterocycles. The molecule has 25 heavy (non-hydrogen) atoms. The highest BCUT2D eigenvalue weighted by Crippen LogP contribution is 2.39. The third-order valence-corrected chi connectivity index (χ3v) is 3.99. The van der Waals surface area contributed by atoms with Gasteiger partial charge in [-0.25, -0.2) is 14.2 Å². The van der Waals surface area contributed by atoms with Crippen LogP contribution in [0.3, 0.4) is 0 Å². The molecule has 0 saturated heterocycles. The Morgan fingerprint density at radius 2 is 2.20 bits per heavy atom. The van der Waals surface area contributed by atoms with Crippen LogP contribution < -0.4 is 20.9 Å². The third kappa shape index (κ3) is 3.62. The van der Waals surface area contributed by atoms with E-state index >= 15 is 0 Å². The number of ether oxygens (including phenoxy) is 1. The van der Waals surface area contributed by atoms with Crippen LogP contribution in [0.4, 0.5) is 15.0 Å². The van der Waals surface area contributed by atoms with Crippen LogP contribution in [0.1, 0.15) is 31.9 Å². The van der Waals surface area contributed by atoms with Crippen molar-refractivity contribution >= 4 is 11.8 Å².